The lowest BCUT2D eigenvalue weighted by atomic mass is 10.1. The Bertz CT molecular complexity index is 953. The minimum atomic E-state index is -0.177. The summed E-state index contributed by atoms with van der Waals surface area (Å²) in [5.74, 6) is 0.574. The Morgan fingerprint density at radius 2 is 2.00 bits per heavy atom. The van der Waals surface area contributed by atoms with Crippen molar-refractivity contribution in [2.75, 3.05) is 11.9 Å². The number of aromatic nitrogens is 3. The molecule has 1 heterocycles. The number of ether oxygens (including phenoxy) is 1. The number of nitrogens with one attached hydrogen (secondary N) is 1. The van der Waals surface area contributed by atoms with Crippen LogP contribution in [0.15, 0.2) is 58.8 Å². The summed E-state index contributed by atoms with van der Waals surface area (Å²) in [6, 6.07) is 13.7. The summed E-state index contributed by atoms with van der Waals surface area (Å²) >= 11 is 1.52. The van der Waals surface area contributed by atoms with Crippen molar-refractivity contribution in [3.05, 3.63) is 59.9 Å². The largest absolute Gasteiger partial charge is 0.484 e. The van der Waals surface area contributed by atoms with Gasteiger partial charge in [-0.15, -0.1) is 10.2 Å². The van der Waals surface area contributed by atoms with Crippen molar-refractivity contribution in [3.8, 4) is 5.75 Å². The van der Waals surface area contributed by atoms with Crippen LogP contribution in [0, 0.1) is 0 Å². The van der Waals surface area contributed by atoms with Gasteiger partial charge in [0, 0.05) is 17.6 Å². The molecule has 3 aromatic rings. The fraction of sp³-hybridized carbons (Fsp3) is 0.250. The van der Waals surface area contributed by atoms with Gasteiger partial charge in [-0.2, -0.15) is 0 Å². The van der Waals surface area contributed by atoms with E-state index in [-0.39, 0.29) is 12.5 Å². The van der Waals surface area contributed by atoms with E-state index in [0.29, 0.717) is 0 Å². The number of hydrogen-bond acceptors (Lipinski definition) is 5. The highest BCUT2D eigenvalue weighted by Gasteiger charge is 2.12. The predicted molar refractivity (Wildman–Crippen MR) is 104 cm³/mol. The zero-order valence-electron chi connectivity index (χ0n) is 15.0. The van der Waals surface area contributed by atoms with Crippen LogP contribution in [-0.2, 0) is 24.7 Å². The first-order valence-electron chi connectivity index (χ1n) is 8.84. The van der Waals surface area contributed by atoms with Crippen LogP contribution >= 0.6 is 11.8 Å². The van der Waals surface area contributed by atoms with Gasteiger partial charge in [0.25, 0.3) is 5.91 Å². The van der Waals surface area contributed by atoms with Crippen molar-refractivity contribution in [3.63, 3.8) is 0 Å². The molecular weight excluding hydrogens is 360 g/mol. The fourth-order valence-corrected chi connectivity index (χ4v) is 3.82. The lowest BCUT2D eigenvalue weighted by Gasteiger charge is -2.09. The molecule has 27 heavy (non-hydrogen) atoms. The molecular formula is C20H20N4O2S. The topological polar surface area (TPSA) is 69.0 Å². The number of carbonyl (C=O) groups is 1. The molecule has 0 saturated carbocycles. The van der Waals surface area contributed by atoms with Crippen LogP contribution in [0.3, 0.4) is 0 Å². The predicted octanol–water partition coefficient (Wildman–Crippen LogP) is 3.47. The monoisotopic (exact) mass is 380 g/mol. The van der Waals surface area contributed by atoms with E-state index in [1.54, 1.807) is 6.33 Å². The van der Waals surface area contributed by atoms with Gasteiger partial charge in [0.1, 0.15) is 12.1 Å². The van der Waals surface area contributed by atoms with Crippen molar-refractivity contribution < 1.29 is 9.53 Å². The summed E-state index contributed by atoms with van der Waals surface area (Å²) in [5.41, 5.74) is 3.47. The summed E-state index contributed by atoms with van der Waals surface area (Å²) < 4.78 is 7.50. The Kier molecular flexibility index (Phi) is 5.11. The third-order valence-corrected chi connectivity index (χ3v) is 5.52. The Balaban J connectivity index is 1.29. The summed E-state index contributed by atoms with van der Waals surface area (Å²) in [4.78, 5) is 13.2. The van der Waals surface area contributed by atoms with Crippen molar-refractivity contribution in [1.29, 1.82) is 0 Å². The second kappa shape index (κ2) is 7.84. The standard InChI is InChI=1S/C20H20N4O2S/c1-24-13-21-23-20(24)27-18-9-6-16(7-10-18)22-19(25)12-26-17-8-5-14-3-2-4-15(14)11-17/h5-11,13H,2-4,12H2,1H3,(H,22,25). The molecule has 0 bridgehead atoms. The molecule has 0 atom stereocenters. The second-order valence-electron chi connectivity index (χ2n) is 6.47. The van der Waals surface area contributed by atoms with Crippen LogP contribution < -0.4 is 10.1 Å². The Morgan fingerprint density at radius 1 is 1.19 bits per heavy atom. The van der Waals surface area contributed by atoms with Crippen LogP contribution in [0.2, 0.25) is 0 Å². The first kappa shape index (κ1) is 17.6. The van der Waals surface area contributed by atoms with Gasteiger partial charge in [-0.25, -0.2) is 0 Å². The molecule has 1 aliphatic rings. The van der Waals surface area contributed by atoms with Crippen molar-refractivity contribution >= 4 is 23.4 Å². The van der Waals surface area contributed by atoms with E-state index in [1.165, 1.54) is 29.3 Å². The number of anilines is 1. The Labute approximate surface area is 162 Å². The van der Waals surface area contributed by atoms with E-state index < -0.39 is 0 Å². The minimum Gasteiger partial charge on any atom is -0.484 e. The molecule has 6 nitrogen and oxygen atoms in total. The van der Waals surface area contributed by atoms with Gasteiger partial charge < -0.3 is 14.6 Å². The second-order valence-corrected chi connectivity index (χ2v) is 7.51. The lowest BCUT2D eigenvalue weighted by Crippen LogP contribution is -2.20. The number of fused-ring (bicyclic) bond motifs is 1. The van der Waals surface area contributed by atoms with Crippen LogP contribution in [-0.4, -0.2) is 27.3 Å². The van der Waals surface area contributed by atoms with Crippen LogP contribution in [0.1, 0.15) is 17.5 Å². The first-order chi connectivity index (χ1) is 13.2. The molecule has 4 rings (SSSR count). The summed E-state index contributed by atoms with van der Waals surface area (Å²) in [5, 5.41) is 11.6. The molecule has 0 fully saturated rings. The van der Waals surface area contributed by atoms with Gasteiger partial charge in [0.2, 0.25) is 0 Å². The van der Waals surface area contributed by atoms with E-state index in [4.69, 9.17) is 4.74 Å². The maximum absolute atomic E-state index is 12.1. The molecule has 2 aromatic carbocycles. The number of amides is 1. The maximum atomic E-state index is 12.1. The molecule has 0 saturated heterocycles. The van der Waals surface area contributed by atoms with Gasteiger partial charge in [0.05, 0.1) is 0 Å². The van der Waals surface area contributed by atoms with Gasteiger partial charge >= 0.3 is 0 Å². The molecule has 0 aliphatic heterocycles. The molecule has 1 amide bonds. The molecule has 138 valence electrons. The molecule has 7 heteroatoms. The van der Waals surface area contributed by atoms with Crippen molar-refractivity contribution in [2.24, 2.45) is 7.05 Å². The fourth-order valence-electron chi connectivity index (χ4n) is 3.06. The SMILES string of the molecule is Cn1cnnc1Sc1ccc(NC(=O)COc2ccc3c(c2)CCC3)cc1. The number of benzene rings is 2. The Morgan fingerprint density at radius 3 is 2.78 bits per heavy atom. The van der Waals surface area contributed by atoms with E-state index in [0.717, 1.165) is 34.3 Å². The number of nitrogens with zero attached hydrogens (tertiary/aromatic N) is 3. The van der Waals surface area contributed by atoms with Crippen LogP contribution in [0.25, 0.3) is 0 Å². The zero-order chi connectivity index (χ0) is 18.6. The smallest absolute Gasteiger partial charge is 0.262 e. The normalized spacial score (nSPS) is 12.6. The molecule has 1 aromatic heterocycles. The molecule has 1 N–H and O–H groups in total. The molecule has 0 spiro atoms. The number of aryl methyl sites for hydroxylation is 3. The minimum absolute atomic E-state index is 0.00573. The summed E-state index contributed by atoms with van der Waals surface area (Å²) in [6.45, 7) is -0.00573. The van der Waals surface area contributed by atoms with Gasteiger partial charge in [-0.05, 0) is 78.5 Å². The van der Waals surface area contributed by atoms with Crippen LogP contribution in [0.4, 0.5) is 5.69 Å². The average Bonchev–Trinajstić information content (AvgIpc) is 3.30. The number of hydrogen-bond donors (Lipinski definition) is 1. The summed E-state index contributed by atoms with van der Waals surface area (Å²) in [6.07, 6.45) is 5.10. The molecule has 1 aliphatic carbocycles. The average molecular weight is 380 g/mol. The van der Waals surface area contributed by atoms with E-state index in [2.05, 4.69) is 21.6 Å². The highest BCUT2D eigenvalue weighted by Crippen LogP contribution is 2.27. The van der Waals surface area contributed by atoms with Crippen molar-refractivity contribution in [2.45, 2.75) is 29.3 Å². The maximum Gasteiger partial charge on any atom is 0.262 e. The Hall–Kier alpha value is -2.80. The molecule has 0 radical (unpaired) electrons. The highest BCUT2D eigenvalue weighted by atomic mass is 32.2. The lowest BCUT2D eigenvalue weighted by molar-refractivity contribution is -0.118. The number of carbonyl (C=O) groups excluding carboxylic acids is 1. The van der Waals surface area contributed by atoms with Crippen molar-refractivity contribution in [1.82, 2.24) is 14.8 Å². The van der Waals surface area contributed by atoms with E-state index >= 15 is 0 Å². The third kappa shape index (κ3) is 4.31. The third-order valence-electron chi connectivity index (χ3n) is 4.46. The van der Waals surface area contributed by atoms with Gasteiger partial charge in [-0.3, -0.25) is 4.79 Å². The zero-order valence-corrected chi connectivity index (χ0v) is 15.8. The first-order valence-corrected chi connectivity index (χ1v) is 9.65. The highest BCUT2D eigenvalue weighted by molar-refractivity contribution is 7.99. The van der Waals surface area contributed by atoms with E-state index in [1.807, 2.05) is 48.0 Å². The van der Waals surface area contributed by atoms with Gasteiger partial charge in [-0.1, -0.05) is 6.07 Å². The molecule has 0 unspecified atom stereocenters. The van der Waals surface area contributed by atoms with Gasteiger partial charge in [0.15, 0.2) is 11.8 Å². The van der Waals surface area contributed by atoms with Crippen LogP contribution in [0.5, 0.6) is 5.75 Å². The quantitative estimate of drug-likeness (QED) is 0.709. The summed E-state index contributed by atoms with van der Waals surface area (Å²) in [7, 11) is 1.90. The number of rotatable bonds is 6. The van der Waals surface area contributed by atoms with E-state index in [9.17, 15) is 4.79 Å².